The number of nitro groups is 1. The number of amides is 2. The molecule has 1 saturated heterocycles. The summed E-state index contributed by atoms with van der Waals surface area (Å²) >= 11 is 0. The average molecular weight is 591 g/mol. The molecule has 4 aromatic carbocycles. The summed E-state index contributed by atoms with van der Waals surface area (Å²) in [7, 11) is 1.36. The summed E-state index contributed by atoms with van der Waals surface area (Å²) in [6.45, 7) is 0.0529. The molecule has 1 fully saturated rings. The molecule has 4 aliphatic rings. The van der Waals surface area contributed by atoms with Crippen molar-refractivity contribution in [3.63, 3.8) is 0 Å². The van der Waals surface area contributed by atoms with Gasteiger partial charge in [0.1, 0.15) is 17.2 Å². The maximum atomic E-state index is 14.3. The summed E-state index contributed by atoms with van der Waals surface area (Å²) in [5.74, 6) is -4.40. The minimum atomic E-state index is -1.17. The van der Waals surface area contributed by atoms with E-state index >= 15 is 0 Å². The van der Waals surface area contributed by atoms with Crippen LogP contribution in [0.15, 0.2) is 78.9 Å². The lowest BCUT2D eigenvalue weighted by atomic mass is 9.64. The zero-order valence-corrected chi connectivity index (χ0v) is 23.1. The minimum absolute atomic E-state index is 0.0529. The summed E-state index contributed by atoms with van der Waals surface area (Å²) in [6, 6.07) is 20.5. The molecular weight excluding hydrogens is 568 g/mol. The van der Waals surface area contributed by atoms with Gasteiger partial charge in [0.2, 0.25) is 18.6 Å². The molecule has 1 aliphatic carbocycles. The third kappa shape index (κ3) is 3.58. The Hall–Kier alpha value is -5.71. The Bertz CT molecular complexity index is 2000. The molecule has 0 N–H and O–H groups in total. The Morgan fingerprint density at radius 1 is 0.909 bits per heavy atom. The zero-order valence-electron chi connectivity index (χ0n) is 23.1. The number of rotatable bonds is 4. The van der Waals surface area contributed by atoms with Crippen LogP contribution >= 0.6 is 0 Å². The van der Waals surface area contributed by atoms with Gasteiger partial charge in [-0.25, -0.2) is 4.90 Å². The van der Waals surface area contributed by atoms with E-state index in [9.17, 15) is 24.5 Å². The lowest BCUT2D eigenvalue weighted by Gasteiger charge is -2.38. The van der Waals surface area contributed by atoms with Crippen LogP contribution in [0.2, 0.25) is 0 Å². The highest BCUT2D eigenvalue weighted by molar-refractivity contribution is 6.25. The monoisotopic (exact) mass is 590 g/mol. The predicted octanol–water partition coefficient (Wildman–Crippen LogP) is 5.01. The molecule has 8 rings (SSSR count). The quantitative estimate of drug-likeness (QED) is 0.106. The molecular formula is C33H22N2O9. The first-order valence-electron chi connectivity index (χ1n) is 13.9. The number of imide groups is 1. The van der Waals surface area contributed by atoms with E-state index in [0.717, 1.165) is 21.7 Å². The second-order valence-electron chi connectivity index (χ2n) is 11.0. The molecule has 0 saturated carbocycles. The molecule has 0 aromatic heterocycles. The normalized spacial score (nSPS) is 23.1. The third-order valence-electron chi connectivity index (χ3n) is 8.89. The molecule has 11 heteroatoms. The Morgan fingerprint density at radius 3 is 2.52 bits per heavy atom. The van der Waals surface area contributed by atoms with Gasteiger partial charge in [-0.1, -0.05) is 48.5 Å². The lowest BCUT2D eigenvalue weighted by molar-refractivity contribution is -0.384. The summed E-state index contributed by atoms with van der Waals surface area (Å²) < 4.78 is 22.2. The van der Waals surface area contributed by atoms with Crippen molar-refractivity contribution in [3.05, 3.63) is 100 Å². The Kier molecular flexibility index (Phi) is 5.54. The fourth-order valence-electron chi connectivity index (χ4n) is 6.94. The number of carbonyl (C=O) groups is 3. The van der Waals surface area contributed by atoms with Crippen molar-refractivity contribution in [2.24, 2.45) is 17.8 Å². The smallest absolute Gasteiger partial charge is 0.319 e. The SMILES string of the molecule is COc1ccc(N2C(=O)[C@@H]3[C@@H]4C(=O)Oc5c(ccc6ccccc56)C4=C[C@H](c4ccc5c(c4)OCO5)[C@@H]3C2=O)c([N+](=O)[O-])c1. The first kappa shape index (κ1) is 26.0. The zero-order chi connectivity index (χ0) is 30.3. The van der Waals surface area contributed by atoms with Crippen LogP contribution in [0.25, 0.3) is 16.3 Å². The van der Waals surface area contributed by atoms with E-state index in [0.29, 0.717) is 33.9 Å². The fourth-order valence-corrected chi connectivity index (χ4v) is 6.94. The number of hydrogen-bond acceptors (Lipinski definition) is 9. The van der Waals surface area contributed by atoms with Crippen molar-refractivity contribution >= 4 is 45.5 Å². The average Bonchev–Trinajstić information content (AvgIpc) is 3.61. The number of esters is 1. The fraction of sp³-hybridized carbons (Fsp3) is 0.182. The van der Waals surface area contributed by atoms with Gasteiger partial charge in [-0.3, -0.25) is 24.5 Å². The number of ether oxygens (including phenoxy) is 4. The number of nitro benzene ring substituents is 1. The van der Waals surface area contributed by atoms with Crippen molar-refractivity contribution in [1.82, 2.24) is 0 Å². The Morgan fingerprint density at radius 2 is 1.70 bits per heavy atom. The van der Waals surface area contributed by atoms with Crippen LogP contribution in [-0.2, 0) is 14.4 Å². The molecule has 4 atom stereocenters. The van der Waals surface area contributed by atoms with Crippen molar-refractivity contribution in [3.8, 4) is 23.0 Å². The van der Waals surface area contributed by atoms with Crippen LogP contribution < -0.4 is 23.8 Å². The topological polar surface area (TPSA) is 135 Å². The molecule has 11 nitrogen and oxygen atoms in total. The predicted molar refractivity (Wildman–Crippen MR) is 155 cm³/mol. The summed E-state index contributed by atoms with van der Waals surface area (Å²) in [6.07, 6.45) is 1.86. The Labute approximate surface area is 249 Å². The third-order valence-corrected chi connectivity index (χ3v) is 8.89. The molecule has 3 aliphatic heterocycles. The minimum Gasteiger partial charge on any atom is -0.496 e. The maximum absolute atomic E-state index is 14.3. The number of allylic oxidation sites excluding steroid dienone is 1. The molecule has 44 heavy (non-hydrogen) atoms. The number of benzene rings is 4. The highest BCUT2D eigenvalue weighted by Crippen LogP contribution is 2.56. The van der Waals surface area contributed by atoms with E-state index in [1.807, 2.05) is 42.5 Å². The van der Waals surface area contributed by atoms with Crippen molar-refractivity contribution in [2.75, 3.05) is 18.8 Å². The highest BCUT2D eigenvalue weighted by Gasteiger charge is 2.61. The first-order valence-corrected chi connectivity index (χ1v) is 13.9. The standard InChI is InChI=1S/C33H22N2O9/c1-41-18-8-10-23(24(13-18)35(39)40)34-31(36)27-21(17-7-11-25-26(12-17)43-15-42-25)14-22-20-9-6-16-4-2-3-5-19(16)30(20)44-33(38)28(22)29(27)32(34)37/h2-14,21,27-29H,15H2,1H3/t21-,27+,28-,29+/m1/s1. The van der Waals surface area contributed by atoms with Crippen LogP contribution in [0.4, 0.5) is 11.4 Å². The van der Waals surface area contributed by atoms with Crippen LogP contribution in [0.5, 0.6) is 23.0 Å². The second kappa shape index (κ2) is 9.40. The number of nitrogens with zero attached hydrogens (tertiary/aromatic N) is 2. The van der Waals surface area contributed by atoms with Gasteiger partial charge in [-0.05, 0) is 40.8 Å². The van der Waals surface area contributed by atoms with E-state index in [4.69, 9.17) is 18.9 Å². The van der Waals surface area contributed by atoms with Gasteiger partial charge in [0.25, 0.3) is 5.69 Å². The van der Waals surface area contributed by atoms with Gasteiger partial charge >= 0.3 is 5.97 Å². The van der Waals surface area contributed by atoms with Crippen LogP contribution in [-0.4, -0.2) is 36.6 Å². The van der Waals surface area contributed by atoms with Crippen LogP contribution in [0.3, 0.4) is 0 Å². The molecule has 0 radical (unpaired) electrons. The van der Waals surface area contributed by atoms with E-state index < -0.39 is 52.1 Å². The van der Waals surface area contributed by atoms with Crippen molar-refractivity contribution in [2.45, 2.75) is 5.92 Å². The lowest BCUT2D eigenvalue weighted by Crippen LogP contribution is -2.42. The van der Waals surface area contributed by atoms with Crippen molar-refractivity contribution in [1.29, 1.82) is 0 Å². The van der Waals surface area contributed by atoms with Crippen LogP contribution in [0.1, 0.15) is 17.0 Å². The largest absolute Gasteiger partial charge is 0.496 e. The number of fused-ring (bicyclic) bond motifs is 8. The van der Waals surface area contributed by atoms with Crippen LogP contribution in [0, 0.1) is 27.9 Å². The summed E-state index contributed by atoms with van der Waals surface area (Å²) in [5, 5.41) is 13.7. The van der Waals surface area contributed by atoms with E-state index in [1.165, 1.54) is 19.2 Å². The van der Waals surface area contributed by atoms with Gasteiger partial charge in [0.05, 0.1) is 35.9 Å². The number of hydrogen-bond donors (Lipinski definition) is 0. The van der Waals surface area contributed by atoms with E-state index in [2.05, 4.69) is 0 Å². The molecule has 0 bridgehead atoms. The van der Waals surface area contributed by atoms with Gasteiger partial charge in [-0.2, -0.15) is 0 Å². The van der Waals surface area contributed by atoms with E-state index in [-0.39, 0.29) is 18.2 Å². The molecule has 0 spiro atoms. The number of methoxy groups -OCH3 is 1. The molecule has 4 aromatic rings. The van der Waals surface area contributed by atoms with Crippen molar-refractivity contribution < 1.29 is 38.3 Å². The second-order valence-corrected chi connectivity index (χ2v) is 11.0. The highest BCUT2D eigenvalue weighted by atomic mass is 16.7. The van der Waals surface area contributed by atoms with Gasteiger partial charge < -0.3 is 18.9 Å². The van der Waals surface area contributed by atoms with E-state index in [1.54, 1.807) is 18.2 Å². The summed E-state index contributed by atoms with van der Waals surface area (Å²) in [5.41, 5.74) is 1.22. The molecule has 0 unspecified atom stereocenters. The first-order chi connectivity index (χ1) is 21.4. The number of anilines is 1. The van der Waals surface area contributed by atoms with Gasteiger partial charge in [0.15, 0.2) is 11.5 Å². The molecule has 218 valence electrons. The molecule has 2 amide bonds. The number of carbonyl (C=O) groups excluding carboxylic acids is 3. The summed E-state index contributed by atoms with van der Waals surface area (Å²) in [4.78, 5) is 54.7. The van der Waals surface area contributed by atoms with Gasteiger partial charge in [-0.15, -0.1) is 0 Å². The molecule has 3 heterocycles. The maximum Gasteiger partial charge on any atom is 0.319 e. The van der Waals surface area contributed by atoms with Gasteiger partial charge in [0, 0.05) is 16.9 Å². The Balaban J connectivity index is 1.34.